The summed E-state index contributed by atoms with van der Waals surface area (Å²) in [5.41, 5.74) is 0. The Morgan fingerprint density at radius 3 is 2.86 bits per heavy atom. The Morgan fingerprint density at radius 1 is 1.79 bits per heavy atom. The molecule has 2 atom stereocenters. The number of nitrogens with one attached hydrogen (secondary N) is 1. The summed E-state index contributed by atoms with van der Waals surface area (Å²) >= 11 is 0. The van der Waals surface area contributed by atoms with E-state index in [-0.39, 0.29) is 24.5 Å². The fourth-order valence-electron chi connectivity index (χ4n) is 1.22. The molecule has 2 amide bonds. The summed E-state index contributed by atoms with van der Waals surface area (Å²) in [6, 6.07) is -0.271. The van der Waals surface area contributed by atoms with Gasteiger partial charge in [0.25, 0.3) is 5.91 Å². The molecule has 6 nitrogen and oxygen atoms in total. The average Bonchev–Trinajstić information content (AvgIpc) is 2.61. The van der Waals surface area contributed by atoms with Crippen LogP contribution in [0.3, 0.4) is 0 Å². The van der Waals surface area contributed by atoms with Gasteiger partial charge in [-0.1, -0.05) is 6.92 Å². The highest BCUT2D eigenvalue weighted by atomic mass is 16.7. The van der Waals surface area contributed by atoms with Crippen molar-refractivity contribution in [2.75, 3.05) is 20.8 Å². The second kappa shape index (κ2) is 4.28. The second-order valence-electron chi connectivity index (χ2n) is 3.16. The van der Waals surface area contributed by atoms with Gasteiger partial charge < -0.3 is 10.1 Å². The quantitative estimate of drug-likeness (QED) is 0.641. The highest BCUT2D eigenvalue weighted by Crippen LogP contribution is 2.11. The number of hydrogen-bond donors (Lipinski definition) is 1. The highest BCUT2D eigenvalue weighted by molar-refractivity contribution is 5.79. The van der Waals surface area contributed by atoms with Crippen molar-refractivity contribution in [3.05, 3.63) is 0 Å². The van der Waals surface area contributed by atoms with Gasteiger partial charge in [-0.3, -0.25) is 9.63 Å². The SMILES string of the molecule is CON(C)C(=O)[C@H](C)[C@H]1COC(=O)N1. The maximum Gasteiger partial charge on any atom is 0.407 e. The number of carbonyl (C=O) groups excluding carboxylic acids is 2. The second-order valence-corrected chi connectivity index (χ2v) is 3.16. The van der Waals surface area contributed by atoms with Gasteiger partial charge in [0.2, 0.25) is 0 Å². The molecule has 14 heavy (non-hydrogen) atoms. The zero-order valence-electron chi connectivity index (χ0n) is 8.44. The lowest BCUT2D eigenvalue weighted by atomic mass is 10.0. The first-order valence-corrected chi connectivity index (χ1v) is 4.31. The summed E-state index contributed by atoms with van der Waals surface area (Å²) in [6.07, 6.45) is -0.477. The van der Waals surface area contributed by atoms with Gasteiger partial charge in [-0.05, 0) is 0 Å². The van der Waals surface area contributed by atoms with E-state index in [1.165, 1.54) is 14.2 Å². The number of carbonyl (C=O) groups is 2. The molecule has 1 fully saturated rings. The molecule has 1 heterocycles. The van der Waals surface area contributed by atoms with Gasteiger partial charge in [0.15, 0.2) is 0 Å². The molecule has 0 saturated carbocycles. The molecule has 0 unspecified atom stereocenters. The summed E-state index contributed by atoms with van der Waals surface area (Å²) in [4.78, 5) is 27.0. The van der Waals surface area contributed by atoms with Crippen LogP contribution in [0.25, 0.3) is 0 Å². The van der Waals surface area contributed by atoms with Gasteiger partial charge in [0.05, 0.1) is 19.1 Å². The molecule has 0 aromatic rings. The minimum absolute atomic E-state index is 0.191. The first-order chi connectivity index (χ1) is 6.56. The van der Waals surface area contributed by atoms with E-state index in [0.29, 0.717) is 0 Å². The number of rotatable bonds is 3. The largest absolute Gasteiger partial charge is 0.447 e. The predicted octanol–water partition coefficient (Wildman–Crippen LogP) is -0.249. The number of hydroxylamine groups is 2. The van der Waals surface area contributed by atoms with E-state index in [9.17, 15) is 9.59 Å². The molecule has 0 radical (unpaired) electrons. The van der Waals surface area contributed by atoms with E-state index >= 15 is 0 Å². The van der Waals surface area contributed by atoms with Gasteiger partial charge in [-0.2, -0.15) is 0 Å². The van der Waals surface area contributed by atoms with Crippen molar-refractivity contribution in [1.29, 1.82) is 0 Å². The Hall–Kier alpha value is -1.30. The number of hydrogen-bond acceptors (Lipinski definition) is 4. The van der Waals surface area contributed by atoms with Crippen LogP contribution in [0.4, 0.5) is 4.79 Å². The Morgan fingerprint density at radius 2 is 2.43 bits per heavy atom. The standard InChI is InChI=1S/C8H14N2O4/c1-5(7(11)10(2)13-3)6-4-14-8(12)9-6/h5-6H,4H2,1-3H3,(H,9,12)/t5-,6-/m1/s1. The van der Waals surface area contributed by atoms with Crippen LogP contribution in [0.5, 0.6) is 0 Å². The molecular formula is C8H14N2O4. The number of ether oxygens (including phenoxy) is 1. The van der Waals surface area contributed by atoms with Gasteiger partial charge >= 0.3 is 6.09 Å². The van der Waals surface area contributed by atoms with Crippen molar-refractivity contribution in [3.8, 4) is 0 Å². The van der Waals surface area contributed by atoms with Crippen LogP contribution in [0.2, 0.25) is 0 Å². The predicted molar refractivity (Wildman–Crippen MR) is 47.2 cm³/mol. The molecule has 80 valence electrons. The Bertz CT molecular complexity index is 243. The van der Waals surface area contributed by atoms with Gasteiger partial charge in [0, 0.05) is 7.05 Å². The molecule has 0 aromatic heterocycles. The van der Waals surface area contributed by atoms with Crippen LogP contribution in [-0.2, 0) is 14.4 Å². The number of nitrogens with zero attached hydrogens (tertiary/aromatic N) is 1. The zero-order valence-corrected chi connectivity index (χ0v) is 8.44. The summed E-state index contributed by atoms with van der Waals surface area (Å²) in [6.45, 7) is 1.95. The van der Waals surface area contributed by atoms with Gasteiger partial charge in [-0.25, -0.2) is 9.86 Å². The Balaban J connectivity index is 2.52. The Kier molecular flexibility index (Phi) is 3.29. The van der Waals surface area contributed by atoms with Gasteiger partial charge in [0.1, 0.15) is 6.61 Å². The molecular weight excluding hydrogens is 188 g/mol. The first-order valence-electron chi connectivity index (χ1n) is 4.31. The zero-order chi connectivity index (χ0) is 10.7. The molecule has 1 aliphatic rings. The fraction of sp³-hybridized carbons (Fsp3) is 0.750. The van der Waals surface area contributed by atoms with E-state index in [1.807, 2.05) is 0 Å². The number of alkyl carbamates (subject to hydrolysis) is 1. The van der Waals surface area contributed by atoms with E-state index in [4.69, 9.17) is 4.84 Å². The van der Waals surface area contributed by atoms with Crippen LogP contribution >= 0.6 is 0 Å². The van der Waals surface area contributed by atoms with Gasteiger partial charge in [-0.15, -0.1) is 0 Å². The van der Waals surface area contributed by atoms with Crippen molar-refractivity contribution >= 4 is 12.0 Å². The molecule has 1 aliphatic heterocycles. The maximum absolute atomic E-state index is 11.6. The summed E-state index contributed by atoms with van der Waals surface area (Å²) in [5, 5.41) is 3.68. The molecule has 1 saturated heterocycles. The smallest absolute Gasteiger partial charge is 0.407 e. The van der Waals surface area contributed by atoms with E-state index < -0.39 is 6.09 Å². The monoisotopic (exact) mass is 202 g/mol. The van der Waals surface area contributed by atoms with Crippen LogP contribution in [0.15, 0.2) is 0 Å². The molecule has 0 aromatic carbocycles. The summed E-state index contributed by atoms with van der Waals surface area (Å²) in [7, 11) is 2.94. The van der Waals surface area contributed by atoms with Crippen LogP contribution in [-0.4, -0.2) is 43.9 Å². The minimum atomic E-state index is -0.477. The topological polar surface area (TPSA) is 67.9 Å². The van der Waals surface area contributed by atoms with Crippen molar-refractivity contribution in [1.82, 2.24) is 10.4 Å². The van der Waals surface area contributed by atoms with Crippen molar-refractivity contribution in [3.63, 3.8) is 0 Å². The highest BCUT2D eigenvalue weighted by Gasteiger charge is 2.33. The molecule has 1 N–H and O–H groups in total. The lowest BCUT2D eigenvalue weighted by Gasteiger charge is -2.21. The summed E-state index contributed by atoms with van der Waals surface area (Å²) < 4.78 is 4.69. The Labute approximate surface area is 82.1 Å². The lowest BCUT2D eigenvalue weighted by Crippen LogP contribution is -2.42. The molecule has 0 bridgehead atoms. The minimum Gasteiger partial charge on any atom is -0.447 e. The molecule has 0 aliphatic carbocycles. The lowest BCUT2D eigenvalue weighted by molar-refractivity contribution is -0.173. The van der Waals surface area contributed by atoms with E-state index in [0.717, 1.165) is 5.06 Å². The van der Waals surface area contributed by atoms with Crippen molar-refractivity contribution < 1.29 is 19.2 Å². The number of cyclic esters (lactones) is 1. The molecule has 0 spiro atoms. The molecule has 1 rings (SSSR count). The van der Waals surface area contributed by atoms with Crippen molar-refractivity contribution in [2.24, 2.45) is 5.92 Å². The number of amides is 2. The average molecular weight is 202 g/mol. The normalized spacial score (nSPS) is 22.5. The summed E-state index contributed by atoms with van der Waals surface area (Å²) in [5.74, 6) is -0.547. The third-order valence-corrected chi connectivity index (χ3v) is 2.27. The van der Waals surface area contributed by atoms with Crippen molar-refractivity contribution in [2.45, 2.75) is 13.0 Å². The first kappa shape index (κ1) is 10.8. The third-order valence-electron chi connectivity index (χ3n) is 2.27. The van der Waals surface area contributed by atoms with E-state index in [2.05, 4.69) is 10.1 Å². The van der Waals surface area contributed by atoms with Crippen LogP contribution in [0, 0.1) is 5.92 Å². The molecule has 6 heteroatoms. The fourth-order valence-corrected chi connectivity index (χ4v) is 1.22. The van der Waals surface area contributed by atoms with Crippen LogP contribution in [0.1, 0.15) is 6.92 Å². The third kappa shape index (κ3) is 2.14. The van der Waals surface area contributed by atoms with E-state index in [1.54, 1.807) is 6.92 Å². The van der Waals surface area contributed by atoms with Crippen LogP contribution < -0.4 is 5.32 Å². The maximum atomic E-state index is 11.6.